The highest BCUT2D eigenvalue weighted by Gasteiger charge is 2.32. The SMILES string of the molecule is CCOC1CCCN(S(=O)(=O)c2ncccc2N)C1. The normalized spacial score (nSPS) is 21.4. The molecule has 19 heavy (non-hydrogen) atoms. The molecule has 1 aliphatic rings. The molecule has 0 aliphatic carbocycles. The standard InChI is InChI=1S/C12H19N3O3S/c1-2-18-10-5-4-8-15(9-10)19(16,17)12-11(13)6-3-7-14-12/h3,6-7,10H,2,4-5,8-9,13H2,1H3. The first-order chi connectivity index (χ1) is 9.05. The van der Waals surface area contributed by atoms with E-state index < -0.39 is 10.0 Å². The molecule has 2 heterocycles. The zero-order valence-electron chi connectivity index (χ0n) is 10.9. The summed E-state index contributed by atoms with van der Waals surface area (Å²) >= 11 is 0. The Morgan fingerprint density at radius 2 is 2.37 bits per heavy atom. The van der Waals surface area contributed by atoms with Gasteiger partial charge in [0.05, 0.1) is 11.8 Å². The number of nitrogen functional groups attached to an aromatic ring is 1. The maximum atomic E-state index is 12.5. The number of nitrogens with two attached hydrogens (primary N) is 1. The highest BCUT2D eigenvalue weighted by Crippen LogP contribution is 2.23. The predicted octanol–water partition coefficient (Wildman–Crippen LogP) is 0.853. The zero-order chi connectivity index (χ0) is 13.9. The fraction of sp³-hybridized carbons (Fsp3) is 0.583. The summed E-state index contributed by atoms with van der Waals surface area (Å²) in [5, 5.41) is -0.0628. The number of hydrogen-bond acceptors (Lipinski definition) is 5. The summed E-state index contributed by atoms with van der Waals surface area (Å²) in [5.41, 5.74) is 5.89. The van der Waals surface area contributed by atoms with Crippen LogP contribution >= 0.6 is 0 Å². The lowest BCUT2D eigenvalue weighted by molar-refractivity contribution is 0.0264. The van der Waals surface area contributed by atoms with Crippen LogP contribution in [0.1, 0.15) is 19.8 Å². The van der Waals surface area contributed by atoms with Gasteiger partial charge in [0.2, 0.25) is 0 Å². The van der Waals surface area contributed by atoms with Crippen LogP contribution in [0.2, 0.25) is 0 Å². The van der Waals surface area contributed by atoms with Crippen molar-refractivity contribution in [3.8, 4) is 0 Å². The molecule has 0 saturated carbocycles. The van der Waals surface area contributed by atoms with E-state index in [9.17, 15) is 8.42 Å². The van der Waals surface area contributed by atoms with Crippen molar-refractivity contribution in [2.24, 2.45) is 0 Å². The molecule has 7 heteroatoms. The zero-order valence-corrected chi connectivity index (χ0v) is 11.8. The molecule has 0 amide bonds. The second-order valence-electron chi connectivity index (χ2n) is 4.48. The summed E-state index contributed by atoms with van der Waals surface area (Å²) < 4.78 is 31.9. The summed E-state index contributed by atoms with van der Waals surface area (Å²) in [7, 11) is -3.63. The van der Waals surface area contributed by atoms with Crippen molar-refractivity contribution in [2.75, 3.05) is 25.4 Å². The molecule has 106 valence electrons. The Hall–Kier alpha value is -1.18. The number of rotatable bonds is 4. The van der Waals surface area contributed by atoms with Crippen LogP contribution in [0.25, 0.3) is 0 Å². The Morgan fingerprint density at radius 1 is 1.58 bits per heavy atom. The predicted molar refractivity (Wildman–Crippen MR) is 72.1 cm³/mol. The van der Waals surface area contributed by atoms with Gasteiger partial charge < -0.3 is 10.5 Å². The second kappa shape index (κ2) is 5.85. The fourth-order valence-electron chi connectivity index (χ4n) is 2.24. The molecule has 0 spiro atoms. The number of piperidine rings is 1. The quantitative estimate of drug-likeness (QED) is 0.886. The maximum absolute atomic E-state index is 12.5. The van der Waals surface area contributed by atoms with Gasteiger partial charge in [-0.1, -0.05) is 0 Å². The lowest BCUT2D eigenvalue weighted by Gasteiger charge is -2.31. The third-order valence-electron chi connectivity index (χ3n) is 3.13. The average Bonchev–Trinajstić information content (AvgIpc) is 2.40. The van der Waals surface area contributed by atoms with Crippen LogP contribution in [0, 0.1) is 0 Å². The molecular formula is C12H19N3O3S. The van der Waals surface area contributed by atoms with Crippen LogP contribution < -0.4 is 5.73 Å². The minimum absolute atomic E-state index is 0.0431. The van der Waals surface area contributed by atoms with E-state index in [2.05, 4.69) is 4.98 Å². The summed E-state index contributed by atoms with van der Waals surface area (Å²) in [6, 6.07) is 3.16. The lowest BCUT2D eigenvalue weighted by atomic mass is 10.1. The van der Waals surface area contributed by atoms with Gasteiger partial charge in [-0.3, -0.25) is 0 Å². The molecule has 1 aliphatic heterocycles. The third kappa shape index (κ3) is 3.05. The Labute approximate surface area is 113 Å². The first kappa shape index (κ1) is 14.2. The molecule has 1 saturated heterocycles. The lowest BCUT2D eigenvalue weighted by Crippen LogP contribution is -2.43. The van der Waals surface area contributed by atoms with E-state index in [0.717, 1.165) is 12.8 Å². The summed E-state index contributed by atoms with van der Waals surface area (Å²) in [6.45, 7) is 3.35. The van der Waals surface area contributed by atoms with Crippen molar-refractivity contribution in [1.82, 2.24) is 9.29 Å². The van der Waals surface area contributed by atoms with Crippen LogP contribution in [-0.4, -0.2) is 43.5 Å². The highest BCUT2D eigenvalue weighted by atomic mass is 32.2. The van der Waals surface area contributed by atoms with Gasteiger partial charge in [0.1, 0.15) is 0 Å². The molecule has 0 bridgehead atoms. The monoisotopic (exact) mass is 285 g/mol. The van der Waals surface area contributed by atoms with Crippen molar-refractivity contribution in [1.29, 1.82) is 0 Å². The van der Waals surface area contributed by atoms with Gasteiger partial charge in [-0.05, 0) is 31.9 Å². The first-order valence-corrected chi connectivity index (χ1v) is 7.82. The van der Waals surface area contributed by atoms with Crippen molar-refractivity contribution in [3.63, 3.8) is 0 Å². The minimum atomic E-state index is -3.63. The fourth-order valence-corrected chi connectivity index (χ4v) is 3.77. The molecular weight excluding hydrogens is 266 g/mol. The van der Waals surface area contributed by atoms with Crippen molar-refractivity contribution in [3.05, 3.63) is 18.3 Å². The van der Waals surface area contributed by atoms with Gasteiger partial charge in [0.15, 0.2) is 5.03 Å². The topological polar surface area (TPSA) is 85.5 Å². The minimum Gasteiger partial charge on any atom is -0.396 e. The molecule has 2 N–H and O–H groups in total. The van der Waals surface area contributed by atoms with E-state index in [1.807, 2.05) is 6.92 Å². The number of sulfonamides is 1. The average molecular weight is 285 g/mol. The Morgan fingerprint density at radius 3 is 3.05 bits per heavy atom. The van der Waals surface area contributed by atoms with Gasteiger partial charge in [-0.2, -0.15) is 4.31 Å². The van der Waals surface area contributed by atoms with Crippen molar-refractivity contribution < 1.29 is 13.2 Å². The van der Waals surface area contributed by atoms with E-state index in [-0.39, 0.29) is 16.8 Å². The molecule has 6 nitrogen and oxygen atoms in total. The van der Waals surface area contributed by atoms with Crippen LogP contribution in [0.5, 0.6) is 0 Å². The summed E-state index contributed by atoms with van der Waals surface area (Å²) in [5.74, 6) is 0. The summed E-state index contributed by atoms with van der Waals surface area (Å²) in [6.07, 6.45) is 3.07. The van der Waals surface area contributed by atoms with Gasteiger partial charge in [0, 0.05) is 25.9 Å². The van der Waals surface area contributed by atoms with E-state index >= 15 is 0 Å². The molecule has 1 fully saturated rings. The second-order valence-corrected chi connectivity index (χ2v) is 6.33. The van der Waals surface area contributed by atoms with Crippen molar-refractivity contribution >= 4 is 15.7 Å². The van der Waals surface area contributed by atoms with Crippen molar-refractivity contribution in [2.45, 2.75) is 30.9 Å². The Kier molecular flexibility index (Phi) is 4.38. The first-order valence-electron chi connectivity index (χ1n) is 6.38. The van der Waals surface area contributed by atoms with E-state index in [4.69, 9.17) is 10.5 Å². The molecule has 1 unspecified atom stereocenters. The van der Waals surface area contributed by atoms with E-state index in [1.165, 1.54) is 10.5 Å². The molecule has 1 atom stereocenters. The molecule has 0 radical (unpaired) electrons. The molecule has 1 aromatic heterocycles. The van der Waals surface area contributed by atoms with Crippen LogP contribution in [0.3, 0.4) is 0 Å². The highest BCUT2D eigenvalue weighted by molar-refractivity contribution is 7.89. The smallest absolute Gasteiger partial charge is 0.262 e. The summed E-state index contributed by atoms with van der Waals surface area (Å²) in [4.78, 5) is 3.90. The van der Waals surface area contributed by atoms with Crippen LogP contribution in [0.15, 0.2) is 23.4 Å². The molecule has 0 aromatic carbocycles. The number of anilines is 1. The van der Waals surface area contributed by atoms with Gasteiger partial charge >= 0.3 is 0 Å². The number of ether oxygens (including phenoxy) is 1. The van der Waals surface area contributed by atoms with Gasteiger partial charge in [-0.15, -0.1) is 0 Å². The van der Waals surface area contributed by atoms with Gasteiger partial charge in [-0.25, -0.2) is 13.4 Å². The largest absolute Gasteiger partial charge is 0.396 e. The maximum Gasteiger partial charge on any atom is 0.262 e. The van der Waals surface area contributed by atoms with Crippen LogP contribution in [-0.2, 0) is 14.8 Å². The van der Waals surface area contributed by atoms with Gasteiger partial charge in [0.25, 0.3) is 10.0 Å². The number of aromatic nitrogens is 1. The number of nitrogens with zero attached hydrogens (tertiary/aromatic N) is 2. The van der Waals surface area contributed by atoms with E-state index in [1.54, 1.807) is 12.1 Å². The Balaban J connectivity index is 2.22. The Bertz CT molecular complexity index is 531. The number of pyridine rings is 1. The van der Waals surface area contributed by atoms with Crippen LogP contribution in [0.4, 0.5) is 5.69 Å². The van der Waals surface area contributed by atoms with E-state index in [0.29, 0.717) is 19.7 Å². The number of hydrogen-bond donors (Lipinski definition) is 1. The molecule has 2 rings (SSSR count). The molecule has 1 aromatic rings. The third-order valence-corrected chi connectivity index (χ3v) is 4.97.